The average Bonchev–Trinajstić information content (AvgIpc) is 2.89. The van der Waals surface area contributed by atoms with Crippen LogP contribution in [0, 0.1) is 0 Å². The van der Waals surface area contributed by atoms with E-state index in [0.29, 0.717) is 11.7 Å². The minimum Gasteiger partial charge on any atom is -0.508 e. The SMILES string of the molecule is CCCCC(C)(C)c1cc(O)c2c(c1)OC1(C)CCCC21. The monoisotopic (exact) mass is 288 g/mol. The van der Waals surface area contributed by atoms with Crippen LogP contribution in [0.3, 0.4) is 0 Å². The molecule has 0 saturated heterocycles. The summed E-state index contributed by atoms with van der Waals surface area (Å²) in [7, 11) is 0. The summed E-state index contributed by atoms with van der Waals surface area (Å²) in [4.78, 5) is 0. The molecule has 1 aliphatic heterocycles. The minimum atomic E-state index is -0.0913. The molecule has 3 rings (SSSR count). The minimum absolute atomic E-state index is 0.0878. The van der Waals surface area contributed by atoms with Crippen molar-refractivity contribution in [1.82, 2.24) is 0 Å². The van der Waals surface area contributed by atoms with Gasteiger partial charge in [-0.25, -0.2) is 0 Å². The molecular weight excluding hydrogens is 260 g/mol. The summed E-state index contributed by atoms with van der Waals surface area (Å²) < 4.78 is 6.28. The quantitative estimate of drug-likeness (QED) is 0.817. The molecule has 2 unspecified atom stereocenters. The third-order valence-corrected chi connectivity index (χ3v) is 5.65. The second kappa shape index (κ2) is 4.93. The molecule has 0 radical (unpaired) electrons. The molecule has 2 heteroatoms. The van der Waals surface area contributed by atoms with Crippen LogP contribution in [0.5, 0.6) is 11.5 Å². The van der Waals surface area contributed by atoms with E-state index < -0.39 is 0 Å². The van der Waals surface area contributed by atoms with Crippen LogP contribution < -0.4 is 4.74 Å². The molecule has 1 saturated carbocycles. The summed E-state index contributed by atoms with van der Waals surface area (Å²) in [5.41, 5.74) is 2.26. The summed E-state index contributed by atoms with van der Waals surface area (Å²) in [6.07, 6.45) is 6.99. The van der Waals surface area contributed by atoms with Crippen LogP contribution in [-0.2, 0) is 5.41 Å². The van der Waals surface area contributed by atoms with Gasteiger partial charge >= 0.3 is 0 Å². The molecule has 21 heavy (non-hydrogen) atoms. The van der Waals surface area contributed by atoms with Gasteiger partial charge in [0.25, 0.3) is 0 Å². The molecule has 1 N–H and O–H groups in total. The molecule has 0 bridgehead atoms. The fourth-order valence-corrected chi connectivity index (χ4v) is 4.16. The van der Waals surface area contributed by atoms with E-state index in [-0.39, 0.29) is 11.0 Å². The molecule has 1 aromatic carbocycles. The van der Waals surface area contributed by atoms with Crippen LogP contribution in [0.2, 0.25) is 0 Å². The van der Waals surface area contributed by atoms with Crippen molar-refractivity contribution in [3.05, 3.63) is 23.3 Å². The van der Waals surface area contributed by atoms with Crippen molar-refractivity contribution in [2.75, 3.05) is 0 Å². The van der Waals surface area contributed by atoms with E-state index in [1.807, 2.05) is 6.07 Å². The van der Waals surface area contributed by atoms with Crippen LogP contribution in [0.15, 0.2) is 12.1 Å². The zero-order chi connectivity index (χ0) is 15.3. The van der Waals surface area contributed by atoms with Crippen molar-refractivity contribution in [1.29, 1.82) is 0 Å². The van der Waals surface area contributed by atoms with Crippen molar-refractivity contribution in [2.24, 2.45) is 0 Å². The Morgan fingerprint density at radius 2 is 2.14 bits per heavy atom. The normalized spacial score (nSPS) is 27.3. The van der Waals surface area contributed by atoms with Gasteiger partial charge < -0.3 is 9.84 Å². The molecule has 0 spiro atoms. The number of hydrogen-bond donors (Lipinski definition) is 1. The first-order valence-corrected chi connectivity index (χ1v) is 8.44. The molecular formula is C19H28O2. The fourth-order valence-electron chi connectivity index (χ4n) is 4.16. The Labute approximate surface area is 128 Å². The summed E-state index contributed by atoms with van der Waals surface area (Å²) in [5, 5.41) is 10.6. The molecule has 1 fully saturated rings. The fraction of sp³-hybridized carbons (Fsp3) is 0.684. The third kappa shape index (κ3) is 2.33. The molecule has 2 nitrogen and oxygen atoms in total. The van der Waals surface area contributed by atoms with E-state index in [9.17, 15) is 5.11 Å². The number of hydrogen-bond acceptors (Lipinski definition) is 2. The van der Waals surface area contributed by atoms with E-state index in [1.54, 1.807) is 0 Å². The van der Waals surface area contributed by atoms with Gasteiger partial charge in [0.05, 0.1) is 0 Å². The molecule has 2 atom stereocenters. The van der Waals surface area contributed by atoms with Gasteiger partial charge in [0.15, 0.2) is 0 Å². The number of aromatic hydroxyl groups is 1. The first kappa shape index (κ1) is 14.7. The van der Waals surface area contributed by atoms with Crippen molar-refractivity contribution < 1.29 is 9.84 Å². The first-order valence-electron chi connectivity index (χ1n) is 8.44. The molecule has 0 amide bonds. The highest BCUT2D eigenvalue weighted by Gasteiger charge is 2.49. The topological polar surface area (TPSA) is 29.5 Å². The van der Waals surface area contributed by atoms with Crippen LogP contribution in [0.25, 0.3) is 0 Å². The molecule has 2 aliphatic rings. The first-order chi connectivity index (χ1) is 9.87. The van der Waals surface area contributed by atoms with Gasteiger partial charge in [-0.1, -0.05) is 33.6 Å². The van der Waals surface area contributed by atoms with Crippen LogP contribution >= 0.6 is 0 Å². The highest BCUT2D eigenvalue weighted by atomic mass is 16.5. The number of ether oxygens (including phenoxy) is 1. The van der Waals surface area contributed by atoms with Gasteiger partial charge in [0.2, 0.25) is 0 Å². The highest BCUT2D eigenvalue weighted by Crippen LogP contribution is 2.57. The van der Waals surface area contributed by atoms with E-state index in [1.165, 1.54) is 24.8 Å². The lowest BCUT2D eigenvalue weighted by molar-refractivity contribution is 0.107. The van der Waals surface area contributed by atoms with Crippen LogP contribution in [0.1, 0.15) is 83.3 Å². The van der Waals surface area contributed by atoms with E-state index in [4.69, 9.17) is 4.74 Å². The second-order valence-electron chi connectivity index (χ2n) is 7.75. The Morgan fingerprint density at radius 1 is 1.38 bits per heavy atom. The maximum Gasteiger partial charge on any atom is 0.127 e. The third-order valence-electron chi connectivity index (χ3n) is 5.65. The second-order valence-corrected chi connectivity index (χ2v) is 7.75. The van der Waals surface area contributed by atoms with Gasteiger partial charge in [-0.2, -0.15) is 0 Å². The summed E-state index contributed by atoms with van der Waals surface area (Å²) in [5.74, 6) is 1.75. The van der Waals surface area contributed by atoms with Gasteiger partial charge in [-0.05, 0) is 55.7 Å². The Bertz CT molecular complexity index is 547. The van der Waals surface area contributed by atoms with Crippen LogP contribution in [-0.4, -0.2) is 10.7 Å². The van der Waals surface area contributed by atoms with Gasteiger partial charge in [-0.15, -0.1) is 0 Å². The molecule has 116 valence electrons. The van der Waals surface area contributed by atoms with Crippen molar-refractivity contribution in [2.45, 2.75) is 83.2 Å². The van der Waals surface area contributed by atoms with Gasteiger partial charge in [0.1, 0.15) is 17.1 Å². The predicted molar refractivity (Wildman–Crippen MR) is 86.3 cm³/mol. The van der Waals surface area contributed by atoms with E-state index in [0.717, 1.165) is 30.6 Å². The number of phenols is 1. The summed E-state index contributed by atoms with van der Waals surface area (Å²) in [6, 6.07) is 4.18. The van der Waals surface area contributed by atoms with Crippen molar-refractivity contribution in [3.63, 3.8) is 0 Å². The number of rotatable bonds is 4. The maximum absolute atomic E-state index is 10.6. The highest BCUT2D eigenvalue weighted by molar-refractivity contribution is 5.55. The zero-order valence-corrected chi connectivity index (χ0v) is 13.8. The molecule has 0 aromatic heterocycles. The molecule has 1 aromatic rings. The Hall–Kier alpha value is -1.18. The number of fused-ring (bicyclic) bond motifs is 3. The zero-order valence-electron chi connectivity index (χ0n) is 13.8. The number of phenolic OH excluding ortho intramolecular Hbond substituents is 1. The standard InChI is InChI=1S/C19H28O2/c1-5-6-9-18(2,3)13-11-15(20)17-14-8-7-10-19(14,4)21-16(17)12-13/h11-12,14,20H,5-10H2,1-4H3. The smallest absolute Gasteiger partial charge is 0.127 e. The number of benzene rings is 1. The largest absolute Gasteiger partial charge is 0.508 e. The lowest BCUT2D eigenvalue weighted by Gasteiger charge is -2.26. The summed E-state index contributed by atoms with van der Waals surface area (Å²) >= 11 is 0. The van der Waals surface area contributed by atoms with Crippen molar-refractivity contribution in [3.8, 4) is 11.5 Å². The Balaban J connectivity index is 1.97. The Morgan fingerprint density at radius 3 is 2.86 bits per heavy atom. The lowest BCUT2D eigenvalue weighted by Crippen LogP contribution is -2.29. The predicted octanol–water partition coefficient (Wildman–Crippen LogP) is 5.28. The molecule has 1 heterocycles. The van der Waals surface area contributed by atoms with Gasteiger partial charge in [0, 0.05) is 11.5 Å². The van der Waals surface area contributed by atoms with E-state index >= 15 is 0 Å². The molecule has 1 aliphatic carbocycles. The van der Waals surface area contributed by atoms with Gasteiger partial charge in [-0.3, -0.25) is 0 Å². The lowest BCUT2D eigenvalue weighted by atomic mass is 9.78. The summed E-state index contributed by atoms with van der Waals surface area (Å²) in [6.45, 7) is 8.95. The Kier molecular flexibility index (Phi) is 3.46. The number of unbranched alkanes of at least 4 members (excludes halogenated alkanes) is 1. The van der Waals surface area contributed by atoms with E-state index in [2.05, 4.69) is 33.8 Å². The van der Waals surface area contributed by atoms with Crippen molar-refractivity contribution >= 4 is 0 Å². The van der Waals surface area contributed by atoms with Crippen LogP contribution in [0.4, 0.5) is 0 Å². The maximum atomic E-state index is 10.6. The average molecular weight is 288 g/mol.